The largest absolute Gasteiger partial charge is 0.374 e. The lowest BCUT2D eigenvalue weighted by atomic mass is 10.1. The highest BCUT2D eigenvalue weighted by atomic mass is 32.1. The number of nitrogens with zero attached hydrogens (tertiary/aromatic N) is 5. The van der Waals surface area contributed by atoms with Gasteiger partial charge in [0, 0.05) is 37.5 Å². The average Bonchev–Trinajstić information content (AvgIpc) is 3.21. The maximum Gasteiger partial charge on any atom is 0.273 e. The number of aromatic nitrogens is 3. The topological polar surface area (TPSA) is 71.5 Å². The molecule has 2 aliphatic heterocycles. The predicted molar refractivity (Wildman–Crippen MR) is 90.2 cm³/mol. The number of thiazole rings is 1. The molecule has 0 spiro atoms. The number of carbonyl (C=O) groups is 1. The standard InChI is InChI=1S/C16H19N5O2S/c1-11-2-3-15(19-18-11)21-7-12-6-20(4-5-23-14(12)8-21)16(22)13-9-24-10-17-13/h2-3,9-10,12,14H,4-8H2,1H3/t12-,14+/m0/s1. The van der Waals surface area contributed by atoms with Crippen LogP contribution in [-0.2, 0) is 4.74 Å². The van der Waals surface area contributed by atoms with Gasteiger partial charge in [0.1, 0.15) is 5.69 Å². The molecule has 0 aromatic carbocycles. The van der Waals surface area contributed by atoms with Gasteiger partial charge in [-0.25, -0.2) is 4.98 Å². The minimum absolute atomic E-state index is 0.00548. The summed E-state index contributed by atoms with van der Waals surface area (Å²) in [6.45, 7) is 5.41. The van der Waals surface area contributed by atoms with Gasteiger partial charge in [-0.2, -0.15) is 5.10 Å². The molecule has 4 rings (SSSR count). The molecule has 24 heavy (non-hydrogen) atoms. The van der Waals surface area contributed by atoms with Crippen LogP contribution in [0.5, 0.6) is 0 Å². The molecule has 2 fully saturated rings. The first-order chi connectivity index (χ1) is 11.7. The normalized spacial score (nSPS) is 23.9. The maximum absolute atomic E-state index is 12.6. The molecule has 8 heteroatoms. The van der Waals surface area contributed by atoms with E-state index < -0.39 is 0 Å². The van der Waals surface area contributed by atoms with Crippen LogP contribution >= 0.6 is 11.3 Å². The van der Waals surface area contributed by atoms with Gasteiger partial charge in [-0.05, 0) is 19.1 Å². The molecule has 0 aliphatic carbocycles. The van der Waals surface area contributed by atoms with E-state index in [0.29, 0.717) is 25.4 Å². The summed E-state index contributed by atoms with van der Waals surface area (Å²) < 4.78 is 6.00. The molecule has 2 aromatic heterocycles. The number of carbonyl (C=O) groups excluding carboxylic acids is 1. The van der Waals surface area contributed by atoms with Gasteiger partial charge in [-0.3, -0.25) is 4.79 Å². The molecule has 2 aliphatic rings. The Hall–Kier alpha value is -2.06. The van der Waals surface area contributed by atoms with E-state index in [4.69, 9.17) is 4.74 Å². The van der Waals surface area contributed by atoms with Crippen LogP contribution in [0.15, 0.2) is 23.0 Å². The molecule has 2 atom stereocenters. The lowest BCUT2D eigenvalue weighted by Crippen LogP contribution is -2.37. The maximum atomic E-state index is 12.6. The highest BCUT2D eigenvalue weighted by Crippen LogP contribution is 2.27. The summed E-state index contributed by atoms with van der Waals surface area (Å²) in [5.74, 6) is 1.14. The van der Waals surface area contributed by atoms with Gasteiger partial charge in [-0.15, -0.1) is 16.4 Å². The van der Waals surface area contributed by atoms with E-state index in [1.807, 2.05) is 24.0 Å². The number of rotatable bonds is 2. The van der Waals surface area contributed by atoms with Crippen molar-refractivity contribution in [2.75, 3.05) is 37.7 Å². The number of fused-ring (bicyclic) bond motifs is 1. The van der Waals surface area contributed by atoms with E-state index in [-0.39, 0.29) is 17.9 Å². The van der Waals surface area contributed by atoms with Crippen molar-refractivity contribution >= 4 is 23.1 Å². The second kappa shape index (κ2) is 6.45. The highest BCUT2D eigenvalue weighted by Gasteiger charge is 2.38. The molecule has 0 N–H and O–H groups in total. The second-order valence-electron chi connectivity index (χ2n) is 6.23. The Balaban J connectivity index is 1.47. The summed E-state index contributed by atoms with van der Waals surface area (Å²) in [5, 5.41) is 10.2. The van der Waals surface area contributed by atoms with E-state index in [9.17, 15) is 4.79 Å². The highest BCUT2D eigenvalue weighted by molar-refractivity contribution is 7.07. The lowest BCUT2D eigenvalue weighted by Gasteiger charge is -2.23. The number of ether oxygens (including phenoxy) is 1. The van der Waals surface area contributed by atoms with Crippen LogP contribution in [0.25, 0.3) is 0 Å². The lowest BCUT2D eigenvalue weighted by molar-refractivity contribution is 0.0569. The van der Waals surface area contributed by atoms with E-state index in [0.717, 1.165) is 24.6 Å². The van der Waals surface area contributed by atoms with Crippen molar-refractivity contribution < 1.29 is 9.53 Å². The molecule has 0 radical (unpaired) electrons. The van der Waals surface area contributed by atoms with Crippen molar-refractivity contribution in [1.29, 1.82) is 0 Å². The minimum Gasteiger partial charge on any atom is -0.374 e. The molecule has 1 amide bonds. The average molecular weight is 345 g/mol. The molecule has 0 bridgehead atoms. The van der Waals surface area contributed by atoms with E-state index in [2.05, 4.69) is 20.1 Å². The molecular formula is C16H19N5O2S. The van der Waals surface area contributed by atoms with Gasteiger partial charge in [0.05, 0.1) is 23.9 Å². The molecule has 2 saturated heterocycles. The number of anilines is 1. The van der Waals surface area contributed by atoms with Crippen molar-refractivity contribution in [2.24, 2.45) is 5.92 Å². The van der Waals surface area contributed by atoms with Crippen molar-refractivity contribution in [3.05, 3.63) is 34.4 Å². The molecule has 4 heterocycles. The summed E-state index contributed by atoms with van der Waals surface area (Å²) in [7, 11) is 0. The summed E-state index contributed by atoms with van der Waals surface area (Å²) in [5.41, 5.74) is 3.12. The fourth-order valence-electron chi connectivity index (χ4n) is 3.31. The van der Waals surface area contributed by atoms with Crippen LogP contribution in [0.3, 0.4) is 0 Å². The van der Waals surface area contributed by atoms with E-state index in [1.54, 1.807) is 10.9 Å². The summed E-state index contributed by atoms with van der Waals surface area (Å²) in [6.07, 6.45) is 0.126. The fraction of sp³-hybridized carbons (Fsp3) is 0.500. The number of hydrogen-bond acceptors (Lipinski definition) is 7. The van der Waals surface area contributed by atoms with E-state index >= 15 is 0 Å². The zero-order valence-electron chi connectivity index (χ0n) is 13.5. The zero-order valence-corrected chi connectivity index (χ0v) is 14.3. The van der Waals surface area contributed by atoms with Gasteiger partial charge < -0.3 is 14.5 Å². The quantitative estimate of drug-likeness (QED) is 0.815. The Bertz CT molecular complexity index is 706. The molecular weight excluding hydrogens is 326 g/mol. The van der Waals surface area contributed by atoms with Crippen molar-refractivity contribution in [3.63, 3.8) is 0 Å². The third-order valence-electron chi connectivity index (χ3n) is 4.58. The van der Waals surface area contributed by atoms with Gasteiger partial charge >= 0.3 is 0 Å². The first kappa shape index (κ1) is 15.5. The fourth-order valence-corrected chi connectivity index (χ4v) is 3.83. The molecule has 0 saturated carbocycles. The van der Waals surface area contributed by atoms with Gasteiger partial charge in [0.25, 0.3) is 5.91 Å². The monoisotopic (exact) mass is 345 g/mol. The first-order valence-corrected chi connectivity index (χ1v) is 8.99. The molecule has 126 valence electrons. The van der Waals surface area contributed by atoms with E-state index in [1.165, 1.54) is 11.3 Å². The van der Waals surface area contributed by atoms with Crippen LogP contribution in [0.4, 0.5) is 5.82 Å². The Morgan fingerprint density at radius 3 is 2.96 bits per heavy atom. The predicted octanol–water partition coefficient (Wildman–Crippen LogP) is 1.22. The summed E-state index contributed by atoms with van der Waals surface area (Å²) in [6, 6.07) is 3.96. The Morgan fingerprint density at radius 2 is 2.21 bits per heavy atom. The Kier molecular flexibility index (Phi) is 4.15. The molecule has 2 aromatic rings. The van der Waals surface area contributed by atoms with Gasteiger partial charge in [0.2, 0.25) is 0 Å². The first-order valence-electron chi connectivity index (χ1n) is 8.05. The molecule has 7 nitrogen and oxygen atoms in total. The van der Waals surface area contributed by atoms with Crippen molar-refractivity contribution in [1.82, 2.24) is 20.1 Å². The third kappa shape index (κ3) is 2.99. The Morgan fingerprint density at radius 1 is 1.29 bits per heavy atom. The van der Waals surface area contributed by atoms with Crippen LogP contribution in [-0.4, -0.2) is 64.9 Å². The van der Waals surface area contributed by atoms with Crippen LogP contribution < -0.4 is 4.90 Å². The number of aryl methyl sites for hydroxylation is 1. The van der Waals surface area contributed by atoms with Gasteiger partial charge in [-0.1, -0.05) is 0 Å². The summed E-state index contributed by atoms with van der Waals surface area (Å²) >= 11 is 1.44. The Labute approximate surface area is 144 Å². The number of hydrogen-bond donors (Lipinski definition) is 0. The van der Waals surface area contributed by atoms with Crippen molar-refractivity contribution in [3.8, 4) is 0 Å². The summed E-state index contributed by atoms with van der Waals surface area (Å²) in [4.78, 5) is 20.8. The second-order valence-corrected chi connectivity index (χ2v) is 6.95. The van der Waals surface area contributed by atoms with Crippen LogP contribution in [0, 0.1) is 12.8 Å². The third-order valence-corrected chi connectivity index (χ3v) is 5.16. The minimum atomic E-state index is -0.00548. The van der Waals surface area contributed by atoms with Gasteiger partial charge in [0.15, 0.2) is 5.82 Å². The zero-order chi connectivity index (χ0) is 16.5. The number of amides is 1. The molecule has 0 unspecified atom stereocenters. The van der Waals surface area contributed by atoms with Crippen molar-refractivity contribution in [2.45, 2.75) is 13.0 Å². The SMILES string of the molecule is Cc1ccc(N2C[C@@H]3CN(C(=O)c4cscn4)CCO[C@@H]3C2)nn1. The van der Waals surface area contributed by atoms with Crippen LogP contribution in [0.2, 0.25) is 0 Å². The van der Waals surface area contributed by atoms with Crippen LogP contribution in [0.1, 0.15) is 16.2 Å². The smallest absolute Gasteiger partial charge is 0.273 e.